The summed E-state index contributed by atoms with van der Waals surface area (Å²) in [6.07, 6.45) is 1.92. The van der Waals surface area contributed by atoms with Crippen molar-refractivity contribution < 1.29 is 0 Å². The van der Waals surface area contributed by atoms with Crippen molar-refractivity contribution in [1.29, 1.82) is 5.26 Å². The molecular weight excluding hydrogens is 256 g/mol. The molecule has 0 amide bonds. The minimum atomic E-state index is 0.708. The molecule has 1 aromatic heterocycles. The third-order valence-corrected chi connectivity index (χ3v) is 3.75. The van der Waals surface area contributed by atoms with Gasteiger partial charge in [-0.1, -0.05) is 48.0 Å². The van der Waals surface area contributed by atoms with Crippen LogP contribution >= 0.6 is 0 Å². The average molecular weight is 272 g/mol. The molecule has 0 aliphatic carbocycles. The average Bonchev–Trinajstić information content (AvgIpc) is 2.86. The summed E-state index contributed by atoms with van der Waals surface area (Å²) in [7, 11) is 0. The SMILES string of the molecule is Cc1ccc(-n2cc(C#N)c(-c3ccccc3)c2C)cc1. The van der Waals surface area contributed by atoms with E-state index in [-0.39, 0.29) is 0 Å². The smallest absolute Gasteiger partial charge is 0.101 e. The van der Waals surface area contributed by atoms with E-state index in [4.69, 9.17) is 0 Å². The summed E-state index contributed by atoms with van der Waals surface area (Å²) in [6, 6.07) is 20.7. The molecule has 21 heavy (non-hydrogen) atoms. The molecule has 0 spiro atoms. The van der Waals surface area contributed by atoms with Crippen molar-refractivity contribution in [3.63, 3.8) is 0 Å². The van der Waals surface area contributed by atoms with Gasteiger partial charge in [0.05, 0.1) is 5.56 Å². The van der Waals surface area contributed by atoms with E-state index < -0.39 is 0 Å². The summed E-state index contributed by atoms with van der Waals surface area (Å²) >= 11 is 0. The van der Waals surface area contributed by atoms with Gasteiger partial charge in [0.2, 0.25) is 0 Å². The summed E-state index contributed by atoms with van der Waals surface area (Å²) in [4.78, 5) is 0. The molecule has 0 saturated heterocycles. The van der Waals surface area contributed by atoms with Crippen molar-refractivity contribution in [2.24, 2.45) is 0 Å². The van der Waals surface area contributed by atoms with Crippen LogP contribution in [0.2, 0.25) is 0 Å². The van der Waals surface area contributed by atoms with Crippen LogP contribution in [0, 0.1) is 25.2 Å². The van der Waals surface area contributed by atoms with Gasteiger partial charge in [0.15, 0.2) is 0 Å². The van der Waals surface area contributed by atoms with E-state index in [0.29, 0.717) is 5.56 Å². The third-order valence-electron chi connectivity index (χ3n) is 3.75. The van der Waals surface area contributed by atoms with Crippen LogP contribution in [0.1, 0.15) is 16.8 Å². The van der Waals surface area contributed by atoms with Gasteiger partial charge in [-0.15, -0.1) is 0 Å². The van der Waals surface area contributed by atoms with Crippen LogP contribution in [-0.2, 0) is 0 Å². The first kappa shape index (κ1) is 13.2. The number of hydrogen-bond acceptors (Lipinski definition) is 1. The number of hydrogen-bond donors (Lipinski definition) is 0. The molecular formula is C19H16N2. The molecule has 3 rings (SSSR count). The highest BCUT2D eigenvalue weighted by Crippen LogP contribution is 2.30. The van der Waals surface area contributed by atoms with Crippen molar-refractivity contribution in [2.75, 3.05) is 0 Å². The first-order valence-corrected chi connectivity index (χ1v) is 6.95. The second-order valence-corrected chi connectivity index (χ2v) is 5.19. The van der Waals surface area contributed by atoms with Crippen LogP contribution in [-0.4, -0.2) is 4.57 Å². The number of aromatic nitrogens is 1. The van der Waals surface area contributed by atoms with Crippen molar-refractivity contribution in [1.82, 2.24) is 4.57 Å². The maximum atomic E-state index is 9.45. The molecule has 0 fully saturated rings. The Kier molecular flexibility index (Phi) is 3.33. The zero-order chi connectivity index (χ0) is 14.8. The van der Waals surface area contributed by atoms with Crippen molar-refractivity contribution in [2.45, 2.75) is 13.8 Å². The summed E-state index contributed by atoms with van der Waals surface area (Å²) in [5, 5.41) is 9.45. The van der Waals surface area contributed by atoms with Crippen molar-refractivity contribution in [3.8, 4) is 22.9 Å². The minimum Gasteiger partial charge on any atom is -0.319 e. The summed E-state index contributed by atoms with van der Waals surface area (Å²) in [5.74, 6) is 0. The molecule has 102 valence electrons. The van der Waals surface area contributed by atoms with Gasteiger partial charge in [-0.3, -0.25) is 0 Å². The number of nitrogens with zero attached hydrogens (tertiary/aromatic N) is 2. The number of nitriles is 1. The quantitative estimate of drug-likeness (QED) is 0.668. The Bertz CT molecular complexity index is 803. The molecule has 1 heterocycles. The lowest BCUT2D eigenvalue weighted by Gasteiger charge is -2.08. The van der Waals surface area contributed by atoms with Gasteiger partial charge in [-0.2, -0.15) is 5.26 Å². The van der Waals surface area contributed by atoms with Gasteiger partial charge in [-0.05, 0) is 31.5 Å². The van der Waals surface area contributed by atoms with Crippen LogP contribution in [0.25, 0.3) is 16.8 Å². The normalized spacial score (nSPS) is 10.3. The summed E-state index contributed by atoms with van der Waals surface area (Å²) in [5.41, 5.74) is 6.20. The first-order valence-electron chi connectivity index (χ1n) is 6.95. The Morgan fingerprint density at radius 1 is 0.905 bits per heavy atom. The molecule has 2 heteroatoms. The molecule has 0 aliphatic heterocycles. The lowest BCUT2D eigenvalue weighted by atomic mass is 10.0. The van der Waals surface area contributed by atoms with Crippen LogP contribution in [0.15, 0.2) is 60.8 Å². The summed E-state index contributed by atoms with van der Waals surface area (Å²) < 4.78 is 2.08. The summed E-state index contributed by atoms with van der Waals surface area (Å²) in [6.45, 7) is 4.13. The number of aryl methyl sites for hydroxylation is 1. The van der Waals surface area contributed by atoms with E-state index in [0.717, 1.165) is 22.5 Å². The Hall–Kier alpha value is -2.79. The highest BCUT2D eigenvalue weighted by molar-refractivity contribution is 5.74. The fraction of sp³-hybridized carbons (Fsp3) is 0.105. The monoisotopic (exact) mass is 272 g/mol. The third kappa shape index (κ3) is 2.34. The largest absolute Gasteiger partial charge is 0.319 e. The molecule has 0 radical (unpaired) electrons. The van der Waals surface area contributed by atoms with Gasteiger partial charge in [-0.25, -0.2) is 0 Å². The van der Waals surface area contributed by atoms with E-state index in [1.54, 1.807) is 0 Å². The van der Waals surface area contributed by atoms with E-state index in [9.17, 15) is 5.26 Å². The van der Waals surface area contributed by atoms with Crippen molar-refractivity contribution in [3.05, 3.63) is 77.6 Å². The van der Waals surface area contributed by atoms with E-state index in [1.807, 2.05) is 36.5 Å². The Morgan fingerprint density at radius 3 is 2.19 bits per heavy atom. The Morgan fingerprint density at radius 2 is 1.57 bits per heavy atom. The van der Waals surface area contributed by atoms with Gasteiger partial charge in [0, 0.05) is 23.1 Å². The van der Waals surface area contributed by atoms with Crippen LogP contribution in [0.5, 0.6) is 0 Å². The number of rotatable bonds is 2. The molecule has 2 nitrogen and oxygen atoms in total. The van der Waals surface area contributed by atoms with Crippen LogP contribution in [0.4, 0.5) is 0 Å². The highest BCUT2D eigenvalue weighted by atomic mass is 15.0. The topological polar surface area (TPSA) is 28.7 Å². The van der Waals surface area contributed by atoms with Gasteiger partial charge in [0.1, 0.15) is 6.07 Å². The standard InChI is InChI=1S/C19H16N2/c1-14-8-10-18(11-9-14)21-13-17(12-20)19(15(21)2)16-6-4-3-5-7-16/h3-11,13H,1-2H3. The molecule has 3 aromatic rings. The molecule has 2 aromatic carbocycles. The van der Waals surface area contributed by atoms with Gasteiger partial charge < -0.3 is 4.57 Å². The number of benzene rings is 2. The molecule has 0 N–H and O–H groups in total. The van der Waals surface area contributed by atoms with E-state index in [1.165, 1.54) is 5.56 Å². The second kappa shape index (κ2) is 5.30. The fourth-order valence-corrected chi connectivity index (χ4v) is 2.63. The predicted molar refractivity (Wildman–Crippen MR) is 85.4 cm³/mol. The van der Waals surface area contributed by atoms with Crippen molar-refractivity contribution >= 4 is 0 Å². The Balaban J connectivity index is 2.20. The van der Waals surface area contributed by atoms with Crippen LogP contribution < -0.4 is 0 Å². The van der Waals surface area contributed by atoms with Gasteiger partial charge in [0.25, 0.3) is 0 Å². The van der Waals surface area contributed by atoms with Crippen LogP contribution in [0.3, 0.4) is 0 Å². The van der Waals surface area contributed by atoms with E-state index in [2.05, 4.69) is 48.7 Å². The fourth-order valence-electron chi connectivity index (χ4n) is 2.63. The molecule has 0 saturated carbocycles. The Labute approximate surface area is 124 Å². The lowest BCUT2D eigenvalue weighted by Crippen LogP contribution is -1.95. The lowest BCUT2D eigenvalue weighted by molar-refractivity contribution is 1.01. The second-order valence-electron chi connectivity index (χ2n) is 5.19. The maximum absolute atomic E-state index is 9.45. The van der Waals surface area contributed by atoms with E-state index >= 15 is 0 Å². The zero-order valence-electron chi connectivity index (χ0n) is 12.2. The predicted octanol–water partition coefficient (Wildman–Crippen LogP) is 4.63. The minimum absolute atomic E-state index is 0.708. The maximum Gasteiger partial charge on any atom is 0.101 e. The first-order chi connectivity index (χ1) is 10.2. The highest BCUT2D eigenvalue weighted by Gasteiger charge is 2.14. The molecule has 0 unspecified atom stereocenters. The molecule has 0 bridgehead atoms. The van der Waals surface area contributed by atoms with Gasteiger partial charge >= 0.3 is 0 Å². The molecule has 0 aliphatic rings. The molecule has 0 atom stereocenters. The zero-order valence-corrected chi connectivity index (χ0v) is 12.2.